The van der Waals surface area contributed by atoms with Gasteiger partial charge in [-0.3, -0.25) is 4.98 Å². The Bertz CT molecular complexity index is 558. The third-order valence-corrected chi connectivity index (χ3v) is 5.76. The molecule has 1 aromatic rings. The summed E-state index contributed by atoms with van der Waals surface area (Å²) in [6, 6.07) is 5.82. The van der Waals surface area contributed by atoms with Gasteiger partial charge in [-0.2, -0.15) is 23.5 Å². The molecule has 1 aliphatic rings. The van der Waals surface area contributed by atoms with Gasteiger partial charge in [0, 0.05) is 29.2 Å². The van der Waals surface area contributed by atoms with E-state index in [-0.39, 0.29) is 0 Å². The van der Waals surface area contributed by atoms with Crippen LogP contribution in [0.15, 0.2) is 60.3 Å². The molecule has 130 valence electrons. The highest BCUT2D eigenvalue weighted by molar-refractivity contribution is 7.99. The zero-order chi connectivity index (χ0) is 17.0. The Kier molecular flexibility index (Phi) is 9.28. The van der Waals surface area contributed by atoms with E-state index in [9.17, 15) is 10.2 Å². The lowest BCUT2D eigenvalue weighted by Gasteiger charge is -2.17. The predicted octanol–water partition coefficient (Wildman–Crippen LogP) is 3.60. The fourth-order valence-corrected chi connectivity index (χ4v) is 4.17. The van der Waals surface area contributed by atoms with Crippen molar-refractivity contribution < 1.29 is 10.2 Å². The zero-order valence-corrected chi connectivity index (χ0v) is 15.4. The Balaban J connectivity index is 1.62. The summed E-state index contributed by atoms with van der Waals surface area (Å²) >= 11 is 3.26. The maximum atomic E-state index is 10.1. The number of nitrogens with zero attached hydrogens (tertiary/aromatic N) is 1. The number of aliphatic hydroxyl groups is 2. The Morgan fingerprint density at radius 1 is 1.00 bits per heavy atom. The average Bonchev–Trinajstić information content (AvgIpc) is 2.57. The minimum Gasteiger partial charge on any atom is -0.390 e. The number of thioether (sulfide) groups is 2. The van der Waals surface area contributed by atoms with Crippen LogP contribution in [0.3, 0.4) is 0 Å². The van der Waals surface area contributed by atoms with E-state index in [0.29, 0.717) is 11.5 Å². The van der Waals surface area contributed by atoms with Crippen molar-refractivity contribution in [1.29, 1.82) is 0 Å². The molecule has 0 unspecified atom stereocenters. The summed E-state index contributed by atoms with van der Waals surface area (Å²) < 4.78 is 0. The summed E-state index contributed by atoms with van der Waals surface area (Å²) in [5, 5.41) is 20.2. The van der Waals surface area contributed by atoms with Crippen LogP contribution in [0.5, 0.6) is 0 Å². The van der Waals surface area contributed by atoms with Gasteiger partial charge in [0.05, 0.1) is 17.9 Å². The highest BCUT2D eigenvalue weighted by Gasteiger charge is 2.16. The Hall–Kier alpha value is -1.01. The van der Waals surface area contributed by atoms with Gasteiger partial charge in [0.25, 0.3) is 0 Å². The first-order chi connectivity index (χ1) is 11.8. The third-order valence-electron chi connectivity index (χ3n) is 3.56. The minimum absolute atomic E-state index is 0.520. The van der Waals surface area contributed by atoms with Gasteiger partial charge in [-0.05, 0) is 30.5 Å². The minimum atomic E-state index is -0.698. The second kappa shape index (κ2) is 11.5. The summed E-state index contributed by atoms with van der Waals surface area (Å²) in [7, 11) is 0. The molecule has 0 fully saturated rings. The van der Waals surface area contributed by atoms with Gasteiger partial charge in [0.2, 0.25) is 0 Å². The highest BCUT2D eigenvalue weighted by atomic mass is 32.2. The van der Waals surface area contributed by atoms with E-state index in [0.717, 1.165) is 30.0 Å². The van der Waals surface area contributed by atoms with Crippen molar-refractivity contribution >= 4 is 23.5 Å². The molecule has 0 bridgehead atoms. The lowest BCUT2D eigenvalue weighted by atomic mass is 10.1. The van der Waals surface area contributed by atoms with Crippen molar-refractivity contribution in [3.63, 3.8) is 0 Å². The second-order valence-corrected chi connectivity index (χ2v) is 7.69. The SMILES string of the molecule is O[C@H](CSCc1ccccn1)[C@@H](O)CSCC1=CCC/C=C/C=C1. The molecular formula is C19H25NO2S2. The molecule has 0 radical (unpaired) electrons. The van der Waals surface area contributed by atoms with E-state index in [4.69, 9.17) is 0 Å². The standard InChI is InChI=1S/C19H25NO2S2/c21-18(14-23-12-16-8-4-2-1-3-5-9-16)19(22)15-24-13-17-10-6-7-11-20-17/h1-2,4,6-11,18-19,21-22H,3,5,12-15H2/b2-1+,8-4?,16-9?/t18-,19+/m0/s1. The molecule has 0 amide bonds. The average molecular weight is 364 g/mol. The molecule has 0 spiro atoms. The summed E-state index contributed by atoms with van der Waals surface area (Å²) in [5.74, 6) is 2.69. The van der Waals surface area contributed by atoms with Gasteiger partial charge in [0.1, 0.15) is 0 Å². The normalized spacial score (nSPS) is 18.3. The number of hydrogen-bond donors (Lipinski definition) is 2. The monoisotopic (exact) mass is 363 g/mol. The zero-order valence-electron chi connectivity index (χ0n) is 13.8. The van der Waals surface area contributed by atoms with Crippen molar-refractivity contribution in [3.05, 3.63) is 66.0 Å². The van der Waals surface area contributed by atoms with E-state index >= 15 is 0 Å². The van der Waals surface area contributed by atoms with Gasteiger partial charge in [-0.1, -0.05) is 36.4 Å². The van der Waals surface area contributed by atoms with Gasteiger partial charge in [-0.25, -0.2) is 0 Å². The van der Waals surface area contributed by atoms with Crippen molar-refractivity contribution in [2.24, 2.45) is 0 Å². The number of rotatable bonds is 9. The van der Waals surface area contributed by atoms with Crippen LogP contribution in [0.1, 0.15) is 18.5 Å². The highest BCUT2D eigenvalue weighted by Crippen LogP contribution is 2.17. The van der Waals surface area contributed by atoms with Crippen LogP contribution in [0.2, 0.25) is 0 Å². The number of aromatic nitrogens is 1. The Morgan fingerprint density at radius 2 is 1.79 bits per heavy atom. The van der Waals surface area contributed by atoms with Crippen LogP contribution in [-0.4, -0.2) is 44.7 Å². The van der Waals surface area contributed by atoms with Crippen LogP contribution in [0, 0.1) is 0 Å². The third kappa shape index (κ3) is 7.71. The predicted molar refractivity (Wildman–Crippen MR) is 105 cm³/mol. The van der Waals surface area contributed by atoms with Crippen LogP contribution >= 0.6 is 23.5 Å². The van der Waals surface area contributed by atoms with Crippen LogP contribution < -0.4 is 0 Å². The summed E-state index contributed by atoms with van der Waals surface area (Å²) in [4.78, 5) is 4.25. The molecule has 2 rings (SSSR count). The maximum absolute atomic E-state index is 10.1. The molecule has 1 heterocycles. The van der Waals surface area contributed by atoms with Crippen LogP contribution in [0.4, 0.5) is 0 Å². The Labute approximate surface area is 153 Å². The molecule has 0 saturated carbocycles. The van der Waals surface area contributed by atoms with E-state index in [1.54, 1.807) is 29.7 Å². The van der Waals surface area contributed by atoms with Crippen LogP contribution in [0.25, 0.3) is 0 Å². The summed E-state index contributed by atoms with van der Waals surface area (Å²) in [6.07, 6.45) is 13.2. The van der Waals surface area contributed by atoms with E-state index in [1.807, 2.05) is 18.2 Å². The lowest BCUT2D eigenvalue weighted by Crippen LogP contribution is -2.30. The second-order valence-electron chi connectivity index (χ2n) is 5.63. The number of pyridine rings is 1. The molecule has 0 aliphatic heterocycles. The summed E-state index contributed by atoms with van der Waals surface area (Å²) in [6.45, 7) is 0. The molecule has 24 heavy (non-hydrogen) atoms. The molecule has 2 N–H and O–H groups in total. The first-order valence-electron chi connectivity index (χ1n) is 8.19. The number of hydrogen-bond acceptors (Lipinski definition) is 5. The van der Waals surface area contributed by atoms with Crippen LogP contribution in [-0.2, 0) is 5.75 Å². The molecule has 1 aromatic heterocycles. The van der Waals surface area contributed by atoms with Crippen molar-refractivity contribution in [2.75, 3.05) is 17.3 Å². The summed E-state index contributed by atoms with van der Waals surface area (Å²) in [5.41, 5.74) is 2.28. The first kappa shape index (κ1) is 19.3. The van der Waals surface area contributed by atoms with Gasteiger partial charge in [-0.15, -0.1) is 0 Å². The first-order valence-corrected chi connectivity index (χ1v) is 10.5. The van der Waals surface area contributed by atoms with Crippen molar-refractivity contribution in [2.45, 2.75) is 30.8 Å². The largest absolute Gasteiger partial charge is 0.390 e. The molecule has 5 heteroatoms. The molecular weight excluding hydrogens is 338 g/mol. The molecule has 0 aromatic carbocycles. The lowest BCUT2D eigenvalue weighted by molar-refractivity contribution is 0.0500. The number of aliphatic hydroxyl groups excluding tert-OH is 2. The van der Waals surface area contributed by atoms with Crippen molar-refractivity contribution in [3.8, 4) is 0 Å². The molecule has 1 aliphatic carbocycles. The van der Waals surface area contributed by atoms with E-state index < -0.39 is 12.2 Å². The molecule has 2 atom stereocenters. The quantitative estimate of drug-likeness (QED) is 0.702. The van der Waals surface area contributed by atoms with E-state index in [1.165, 1.54) is 5.57 Å². The Morgan fingerprint density at radius 3 is 2.54 bits per heavy atom. The number of allylic oxidation sites excluding steroid dienone is 5. The topological polar surface area (TPSA) is 53.4 Å². The van der Waals surface area contributed by atoms with Gasteiger partial charge >= 0.3 is 0 Å². The molecule has 0 saturated heterocycles. The van der Waals surface area contributed by atoms with Gasteiger partial charge in [0.15, 0.2) is 0 Å². The van der Waals surface area contributed by atoms with Gasteiger partial charge < -0.3 is 10.2 Å². The smallest absolute Gasteiger partial charge is 0.0897 e. The fourth-order valence-electron chi connectivity index (χ4n) is 2.18. The van der Waals surface area contributed by atoms with E-state index in [2.05, 4.69) is 35.4 Å². The molecule has 3 nitrogen and oxygen atoms in total. The maximum Gasteiger partial charge on any atom is 0.0897 e. The fraction of sp³-hybridized carbons (Fsp3) is 0.421. The van der Waals surface area contributed by atoms with Crippen molar-refractivity contribution in [1.82, 2.24) is 4.98 Å².